The molecular weight excluding hydrogens is 304 g/mol. The first-order chi connectivity index (χ1) is 11.6. The molecule has 4 rings (SSSR count). The van der Waals surface area contributed by atoms with Crippen LogP contribution in [-0.2, 0) is 26.5 Å². The Labute approximate surface area is 142 Å². The largest absolute Gasteiger partial charge is 0.365 e. The predicted octanol–water partition coefficient (Wildman–Crippen LogP) is 2.05. The topological polar surface area (TPSA) is 49.9 Å². The number of piperidine rings is 1. The second-order valence-corrected chi connectivity index (χ2v) is 7.14. The number of amides is 2. The summed E-state index contributed by atoms with van der Waals surface area (Å²) >= 11 is 0. The van der Waals surface area contributed by atoms with Crippen LogP contribution in [0.5, 0.6) is 0 Å². The minimum atomic E-state index is -0.256. The number of benzene rings is 1. The first-order valence-electron chi connectivity index (χ1n) is 8.89. The Hall–Kier alpha value is -1.88. The first-order valence-corrected chi connectivity index (χ1v) is 8.89. The van der Waals surface area contributed by atoms with Gasteiger partial charge in [-0.3, -0.25) is 9.59 Å². The van der Waals surface area contributed by atoms with Crippen LogP contribution < -0.4 is 0 Å². The van der Waals surface area contributed by atoms with Crippen molar-refractivity contribution in [3.05, 3.63) is 35.4 Å². The van der Waals surface area contributed by atoms with E-state index < -0.39 is 0 Å². The van der Waals surface area contributed by atoms with Crippen molar-refractivity contribution >= 4 is 11.8 Å². The molecular formula is C19H24N2O3. The minimum Gasteiger partial charge on any atom is -0.365 e. The van der Waals surface area contributed by atoms with Crippen LogP contribution in [0, 0.1) is 0 Å². The molecule has 2 fully saturated rings. The predicted molar refractivity (Wildman–Crippen MR) is 89.1 cm³/mol. The average molecular weight is 328 g/mol. The summed E-state index contributed by atoms with van der Waals surface area (Å²) in [5, 5.41) is 0. The molecule has 24 heavy (non-hydrogen) atoms. The van der Waals surface area contributed by atoms with Crippen molar-refractivity contribution in [3.8, 4) is 0 Å². The molecule has 3 aliphatic heterocycles. The molecule has 0 aliphatic carbocycles. The molecule has 128 valence electrons. The second kappa shape index (κ2) is 5.88. The summed E-state index contributed by atoms with van der Waals surface area (Å²) < 4.78 is 6.16. The number of carbonyl (C=O) groups is 2. The van der Waals surface area contributed by atoms with Gasteiger partial charge >= 0.3 is 0 Å². The number of carbonyl (C=O) groups excluding carboxylic acids is 2. The van der Waals surface area contributed by atoms with Gasteiger partial charge < -0.3 is 14.5 Å². The minimum absolute atomic E-state index is 0.00684. The number of nitrogens with zero attached hydrogens (tertiary/aromatic N) is 2. The van der Waals surface area contributed by atoms with E-state index in [4.69, 9.17) is 4.74 Å². The third kappa shape index (κ3) is 2.42. The molecule has 1 atom stereocenters. The quantitative estimate of drug-likeness (QED) is 0.793. The summed E-state index contributed by atoms with van der Waals surface area (Å²) in [4.78, 5) is 28.2. The molecule has 0 saturated carbocycles. The molecule has 1 aromatic carbocycles. The van der Waals surface area contributed by atoms with E-state index in [2.05, 4.69) is 24.3 Å². The first kappa shape index (κ1) is 15.6. The molecule has 3 aliphatic rings. The van der Waals surface area contributed by atoms with Gasteiger partial charge in [0.2, 0.25) is 11.8 Å². The highest BCUT2D eigenvalue weighted by Crippen LogP contribution is 2.44. The number of likely N-dealkylation sites (tertiary alicyclic amines) is 2. The normalized spacial score (nSPS) is 25.1. The fraction of sp³-hybridized carbons (Fsp3) is 0.579. The lowest BCUT2D eigenvalue weighted by atomic mass is 9.83. The molecule has 3 heterocycles. The molecule has 2 saturated heterocycles. The van der Waals surface area contributed by atoms with E-state index in [0.717, 1.165) is 25.7 Å². The van der Waals surface area contributed by atoms with Crippen molar-refractivity contribution in [2.75, 3.05) is 19.6 Å². The van der Waals surface area contributed by atoms with E-state index in [9.17, 15) is 9.59 Å². The lowest BCUT2D eigenvalue weighted by Crippen LogP contribution is -2.52. The van der Waals surface area contributed by atoms with E-state index in [-0.39, 0.29) is 23.5 Å². The van der Waals surface area contributed by atoms with Gasteiger partial charge in [0.25, 0.3) is 0 Å². The fourth-order valence-electron chi connectivity index (χ4n) is 4.50. The van der Waals surface area contributed by atoms with Crippen LogP contribution >= 0.6 is 0 Å². The van der Waals surface area contributed by atoms with Crippen LogP contribution in [0.4, 0.5) is 0 Å². The van der Waals surface area contributed by atoms with E-state index in [1.54, 1.807) is 11.8 Å². The van der Waals surface area contributed by atoms with Gasteiger partial charge in [0.05, 0.1) is 12.2 Å². The van der Waals surface area contributed by atoms with Crippen molar-refractivity contribution in [1.29, 1.82) is 0 Å². The fourth-order valence-corrected chi connectivity index (χ4v) is 4.50. The molecule has 1 unspecified atom stereocenters. The maximum atomic E-state index is 12.9. The van der Waals surface area contributed by atoms with Gasteiger partial charge in [0.1, 0.15) is 6.04 Å². The van der Waals surface area contributed by atoms with Crippen LogP contribution in [0.15, 0.2) is 24.3 Å². The third-order valence-electron chi connectivity index (χ3n) is 5.84. The van der Waals surface area contributed by atoms with Crippen LogP contribution in [0.1, 0.15) is 43.7 Å². The number of fused-ring (bicyclic) bond motifs is 2. The molecule has 0 N–H and O–H groups in total. The van der Waals surface area contributed by atoms with Gasteiger partial charge in [-0.05, 0) is 36.8 Å². The summed E-state index contributed by atoms with van der Waals surface area (Å²) in [5.41, 5.74) is 2.35. The van der Waals surface area contributed by atoms with E-state index >= 15 is 0 Å². The monoisotopic (exact) mass is 328 g/mol. The Bertz CT molecular complexity index is 664. The van der Waals surface area contributed by atoms with Gasteiger partial charge in [-0.1, -0.05) is 24.3 Å². The summed E-state index contributed by atoms with van der Waals surface area (Å²) in [7, 11) is 0. The van der Waals surface area contributed by atoms with Crippen LogP contribution in [0.3, 0.4) is 0 Å². The standard InChI is InChI=1S/C19H24N2O3/c1-14(22)21-10-4-7-17(21)18(23)20-11-8-19(9-12-20)16-6-3-2-5-15(16)13-24-19/h2-3,5-6,17H,4,7-13H2,1H3. The Kier molecular flexibility index (Phi) is 3.83. The third-order valence-corrected chi connectivity index (χ3v) is 5.84. The van der Waals surface area contributed by atoms with Crippen molar-refractivity contribution in [2.24, 2.45) is 0 Å². The van der Waals surface area contributed by atoms with Crippen LogP contribution in [-0.4, -0.2) is 47.3 Å². The summed E-state index contributed by atoms with van der Waals surface area (Å²) in [6.07, 6.45) is 3.38. The number of hydrogen-bond acceptors (Lipinski definition) is 3. The van der Waals surface area contributed by atoms with Crippen molar-refractivity contribution in [2.45, 2.75) is 50.9 Å². The summed E-state index contributed by atoms with van der Waals surface area (Å²) in [6.45, 7) is 4.34. The summed E-state index contributed by atoms with van der Waals surface area (Å²) in [5.74, 6) is 0.121. The Balaban J connectivity index is 1.45. The molecule has 0 radical (unpaired) electrons. The van der Waals surface area contributed by atoms with Crippen molar-refractivity contribution < 1.29 is 14.3 Å². The van der Waals surface area contributed by atoms with E-state index in [0.29, 0.717) is 26.2 Å². The Morgan fingerprint density at radius 3 is 2.67 bits per heavy atom. The van der Waals surface area contributed by atoms with Crippen LogP contribution in [0.2, 0.25) is 0 Å². The van der Waals surface area contributed by atoms with E-state index in [1.165, 1.54) is 11.1 Å². The number of hydrogen-bond donors (Lipinski definition) is 0. The second-order valence-electron chi connectivity index (χ2n) is 7.14. The highest BCUT2D eigenvalue weighted by atomic mass is 16.5. The molecule has 0 bridgehead atoms. The SMILES string of the molecule is CC(=O)N1CCCC1C(=O)N1CCC2(CC1)OCc1ccccc12. The smallest absolute Gasteiger partial charge is 0.245 e. The van der Waals surface area contributed by atoms with Crippen molar-refractivity contribution in [1.82, 2.24) is 9.80 Å². The molecule has 5 nitrogen and oxygen atoms in total. The van der Waals surface area contributed by atoms with Gasteiger partial charge in [-0.25, -0.2) is 0 Å². The zero-order chi connectivity index (χ0) is 16.7. The Morgan fingerprint density at radius 1 is 1.17 bits per heavy atom. The molecule has 2 amide bonds. The van der Waals surface area contributed by atoms with Gasteiger partial charge in [0, 0.05) is 26.6 Å². The molecule has 5 heteroatoms. The average Bonchev–Trinajstić information content (AvgIpc) is 3.22. The Morgan fingerprint density at radius 2 is 1.92 bits per heavy atom. The lowest BCUT2D eigenvalue weighted by molar-refractivity contribution is -0.147. The number of ether oxygens (including phenoxy) is 1. The van der Waals surface area contributed by atoms with E-state index in [1.807, 2.05) is 4.90 Å². The van der Waals surface area contributed by atoms with Gasteiger partial charge in [-0.2, -0.15) is 0 Å². The maximum Gasteiger partial charge on any atom is 0.245 e. The van der Waals surface area contributed by atoms with Crippen LogP contribution in [0.25, 0.3) is 0 Å². The highest BCUT2D eigenvalue weighted by Gasteiger charge is 2.44. The lowest BCUT2D eigenvalue weighted by Gasteiger charge is -2.40. The highest BCUT2D eigenvalue weighted by molar-refractivity contribution is 5.87. The molecule has 0 aromatic heterocycles. The van der Waals surface area contributed by atoms with Gasteiger partial charge in [-0.15, -0.1) is 0 Å². The zero-order valence-corrected chi connectivity index (χ0v) is 14.2. The van der Waals surface area contributed by atoms with Gasteiger partial charge in [0.15, 0.2) is 0 Å². The zero-order valence-electron chi connectivity index (χ0n) is 14.2. The number of rotatable bonds is 1. The van der Waals surface area contributed by atoms with Crippen molar-refractivity contribution in [3.63, 3.8) is 0 Å². The molecule has 1 spiro atoms. The maximum absolute atomic E-state index is 12.9. The molecule has 1 aromatic rings. The summed E-state index contributed by atoms with van der Waals surface area (Å²) in [6, 6.07) is 8.15.